The maximum Gasteiger partial charge on any atom is 0.322 e. The van der Waals surface area contributed by atoms with Crippen molar-refractivity contribution in [2.75, 3.05) is 38.7 Å². The Balaban J connectivity index is 2.08. The van der Waals surface area contributed by atoms with Crippen molar-refractivity contribution >= 4 is 40.6 Å². The first-order valence-corrected chi connectivity index (χ1v) is 10.3. The average Bonchev–Trinajstić information content (AvgIpc) is 3.16. The third-order valence-electron chi connectivity index (χ3n) is 4.10. The summed E-state index contributed by atoms with van der Waals surface area (Å²) in [6.07, 6.45) is 0. The zero-order valence-corrected chi connectivity index (χ0v) is 17.8. The van der Waals surface area contributed by atoms with Crippen LogP contribution in [0.3, 0.4) is 0 Å². The van der Waals surface area contributed by atoms with Crippen LogP contribution < -0.4 is 5.32 Å². The van der Waals surface area contributed by atoms with Crippen molar-refractivity contribution in [3.05, 3.63) is 45.4 Å². The van der Waals surface area contributed by atoms with Crippen molar-refractivity contribution < 1.29 is 14.3 Å². The Labute approximate surface area is 174 Å². The molecule has 2 rings (SSSR count). The fourth-order valence-electron chi connectivity index (χ4n) is 2.51. The standard InChI is InChI=1S/C19H25ClN4O3S/c1-4-23(5-2)18(25)16-13-28-17(22-16)12-24(10-11-27-3)19(26)21-15-8-6-14(20)7-9-15/h6-9,13H,4-5,10-12H2,1-3H3,(H,21,26). The van der Waals surface area contributed by atoms with Gasteiger partial charge in [0.15, 0.2) is 0 Å². The summed E-state index contributed by atoms with van der Waals surface area (Å²) in [6.45, 7) is 6.21. The van der Waals surface area contributed by atoms with E-state index in [-0.39, 0.29) is 11.9 Å². The summed E-state index contributed by atoms with van der Waals surface area (Å²) in [4.78, 5) is 32.8. The molecule has 0 spiro atoms. The molecule has 0 radical (unpaired) electrons. The minimum atomic E-state index is -0.272. The van der Waals surface area contributed by atoms with E-state index in [0.717, 1.165) is 0 Å². The highest BCUT2D eigenvalue weighted by atomic mass is 35.5. The second-order valence-electron chi connectivity index (χ2n) is 5.96. The molecular formula is C19H25ClN4O3S. The summed E-state index contributed by atoms with van der Waals surface area (Å²) in [5.41, 5.74) is 1.06. The molecule has 0 unspecified atom stereocenters. The molecule has 0 aliphatic rings. The number of nitrogens with one attached hydrogen (secondary N) is 1. The van der Waals surface area contributed by atoms with Gasteiger partial charge in [-0.2, -0.15) is 0 Å². The molecule has 2 aromatic rings. The Morgan fingerprint density at radius 2 is 1.86 bits per heavy atom. The molecule has 3 amide bonds. The highest BCUT2D eigenvalue weighted by Crippen LogP contribution is 2.17. The van der Waals surface area contributed by atoms with Gasteiger partial charge < -0.3 is 19.9 Å². The SMILES string of the molecule is CCN(CC)C(=O)c1csc(CN(CCOC)C(=O)Nc2ccc(Cl)cc2)n1. The number of aromatic nitrogens is 1. The number of thiazole rings is 1. The zero-order valence-electron chi connectivity index (χ0n) is 16.3. The Kier molecular flexibility index (Phi) is 8.69. The third-order valence-corrected chi connectivity index (χ3v) is 5.18. The molecule has 1 aromatic heterocycles. The Bertz CT molecular complexity index is 778. The summed E-state index contributed by atoms with van der Waals surface area (Å²) in [7, 11) is 1.58. The van der Waals surface area contributed by atoms with Crippen LogP contribution in [0.25, 0.3) is 0 Å². The minimum absolute atomic E-state index is 0.0958. The van der Waals surface area contributed by atoms with Crippen molar-refractivity contribution in [2.24, 2.45) is 0 Å². The van der Waals surface area contributed by atoms with E-state index in [1.54, 1.807) is 46.6 Å². The molecule has 0 saturated carbocycles. The predicted octanol–water partition coefficient (Wildman–Crippen LogP) is 3.96. The molecule has 1 heterocycles. The second kappa shape index (κ2) is 11.0. The topological polar surface area (TPSA) is 74.8 Å². The van der Waals surface area contributed by atoms with E-state index in [9.17, 15) is 9.59 Å². The summed E-state index contributed by atoms with van der Waals surface area (Å²) in [5, 5.41) is 5.87. The lowest BCUT2D eigenvalue weighted by atomic mass is 10.3. The van der Waals surface area contributed by atoms with E-state index in [0.29, 0.717) is 54.2 Å². The first kappa shape index (κ1) is 22.1. The summed E-state index contributed by atoms with van der Waals surface area (Å²) in [6, 6.07) is 6.62. The third kappa shape index (κ3) is 6.19. The lowest BCUT2D eigenvalue weighted by Gasteiger charge is -2.22. The zero-order chi connectivity index (χ0) is 20.5. The molecule has 0 aliphatic heterocycles. The Hall–Kier alpha value is -2.16. The van der Waals surface area contributed by atoms with Gasteiger partial charge in [-0.15, -0.1) is 11.3 Å². The van der Waals surface area contributed by atoms with E-state index in [1.165, 1.54) is 11.3 Å². The molecule has 9 heteroatoms. The number of nitrogens with zero attached hydrogens (tertiary/aromatic N) is 3. The monoisotopic (exact) mass is 424 g/mol. The van der Waals surface area contributed by atoms with Crippen molar-refractivity contribution in [1.82, 2.24) is 14.8 Å². The number of carbonyl (C=O) groups is 2. The minimum Gasteiger partial charge on any atom is -0.383 e. The van der Waals surface area contributed by atoms with Gasteiger partial charge in [-0.3, -0.25) is 4.79 Å². The van der Waals surface area contributed by atoms with Crippen LogP contribution in [-0.2, 0) is 11.3 Å². The van der Waals surface area contributed by atoms with Gasteiger partial charge in [0.05, 0.1) is 13.2 Å². The number of hydrogen-bond acceptors (Lipinski definition) is 5. The molecule has 1 N–H and O–H groups in total. The van der Waals surface area contributed by atoms with E-state index < -0.39 is 0 Å². The normalized spacial score (nSPS) is 10.6. The van der Waals surface area contributed by atoms with Crippen molar-refractivity contribution in [1.29, 1.82) is 0 Å². The van der Waals surface area contributed by atoms with Gasteiger partial charge in [0.2, 0.25) is 0 Å². The van der Waals surface area contributed by atoms with Gasteiger partial charge in [-0.05, 0) is 38.1 Å². The van der Waals surface area contributed by atoms with Gasteiger partial charge in [0.1, 0.15) is 10.7 Å². The molecular weight excluding hydrogens is 400 g/mol. The van der Waals surface area contributed by atoms with Crippen LogP contribution in [0.1, 0.15) is 29.3 Å². The van der Waals surface area contributed by atoms with E-state index >= 15 is 0 Å². The van der Waals surface area contributed by atoms with Gasteiger partial charge in [-0.1, -0.05) is 11.6 Å². The quantitative estimate of drug-likeness (QED) is 0.661. The first-order chi connectivity index (χ1) is 13.5. The average molecular weight is 425 g/mol. The smallest absolute Gasteiger partial charge is 0.322 e. The fraction of sp³-hybridized carbons (Fsp3) is 0.421. The molecule has 0 fully saturated rings. The van der Waals surface area contributed by atoms with Crippen LogP contribution in [0, 0.1) is 0 Å². The molecule has 7 nitrogen and oxygen atoms in total. The fourth-order valence-corrected chi connectivity index (χ4v) is 3.42. The molecule has 0 aliphatic carbocycles. The molecule has 0 bridgehead atoms. The van der Waals surface area contributed by atoms with Crippen molar-refractivity contribution in [3.63, 3.8) is 0 Å². The summed E-state index contributed by atoms with van der Waals surface area (Å²) < 4.78 is 5.11. The van der Waals surface area contributed by atoms with Gasteiger partial charge in [0, 0.05) is 42.8 Å². The summed E-state index contributed by atoms with van der Waals surface area (Å²) >= 11 is 7.25. The van der Waals surface area contributed by atoms with E-state index in [1.807, 2.05) is 13.8 Å². The number of urea groups is 1. The van der Waals surface area contributed by atoms with Crippen LogP contribution in [0.2, 0.25) is 5.02 Å². The van der Waals surface area contributed by atoms with Crippen LogP contribution in [0.15, 0.2) is 29.6 Å². The molecule has 1 aromatic carbocycles. The number of carbonyl (C=O) groups excluding carboxylic acids is 2. The van der Waals surface area contributed by atoms with Gasteiger partial charge in [-0.25, -0.2) is 9.78 Å². The van der Waals surface area contributed by atoms with Crippen LogP contribution >= 0.6 is 22.9 Å². The maximum absolute atomic E-state index is 12.7. The van der Waals surface area contributed by atoms with Crippen molar-refractivity contribution in [3.8, 4) is 0 Å². The number of methoxy groups -OCH3 is 1. The molecule has 0 atom stereocenters. The van der Waals surface area contributed by atoms with Crippen LogP contribution in [-0.4, -0.2) is 60.1 Å². The predicted molar refractivity (Wildman–Crippen MR) is 112 cm³/mol. The first-order valence-electron chi connectivity index (χ1n) is 9.02. The van der Waals surface area contributed by atoms with Gasteiger partial charge >= 0.3 is 6.03 Å². The van der Waals surface area contributed by atoms with Crippen molar-refractivity contribution in [2.45, 2.75) is 20.4 Å². The number of rotatable bonds is 9. The number of amides is 3. The maximum atomic E-state index is 12.7. The highest BCUT2D eigenvalue weighted by Gasteiger charge is 2.19. The number of benzene rings is 1. The second-order valence-corrected chi connectivity index (χ2v) is 7.33. The summed E-state index contributed by atoms with van der Waals surface area (Å²) in [5.74, 6) is -0.0958. The lowest BCUT2D eigenvalue weighted by molar-refractivity contribution is 0.0767. The number of ether oxygens (including phenoxy) is 1. The number of anilines is 1. The lowest BCUT2D eigenvalue weighted by Crippen LogP contribution is -2.37. The number of halogens is 1. The van der Waals surface area contributed by atoms with E-state index in [4.69, 9.17) is 16.3 Å². The highest BCUT2D eigenvalue weighted by molar-refractivity contribution is 7.09. The van der Waals surface area contributed by atoms with E-state index in [2.05, 4.69) is 10.3 Å². The Morgan fingerprint density at radius 1 is 1.18 bits per heavy atom. The van der Waals surface area contributed by atoms with Crippen LogP contribution in [0.4, 0.5) is 10.5 Å². The molecule has 28 heavy (non-hydrogen) atoms. The Morgan fingerprint density at radius 3 is 2.46 bits per heavy atom. The van der Waals surface area contributed by atoms with Gasteiger partial charge in [0.25, 0.3) is 5.91 Å². The van der Waals surface area contributed by atoms with Crippen LogP contribution in [0.5, 0.6) is 0 Å². The molecule has 152 valence electrons. The number of hydrogen-bond donors (Lipinski definition) is 1. The largest absolute Gasteiger partial charge is 0.383 e. The molecule has 0 saturated heterocycles.